The summed E-state index contributed by atoms with van der Waals surface area (Å²) in [7, 11) is 0. The molecule has 1 saturated heterocycles. The molecule has 4 atom stereocenters. The van der Waals surface area contributed by atoms with Gasteiger partial charge in [0.1, 0.15) is 18.0 Å². The van der Waals surface area contributed by atoms with Crippen molar-refractivity contribution in [2.24, 2.45) is 11.8 Å². The summed E-state index contributed by atoms with van der Waals surface area (Å²) < 4.78 is 2.13. The second kappa shape index (κ2) is 8.60. The van der Waals surface area contributed by atoms with Crippen LogP contribution in [0.1, 0.15) is 55.1 Å². The maximum Gasteiger partial charge on any atom is 0.242 e. The van der Waals surface area contributed by atoms with Crippen molar-refractivity contribution in [3.63, 3.8) is 0 Å². The Labute approximate surface area is 199 Å². The molecular weight excluding hydrogens is 434 g/mol. The van der Waals surface area contributed by atoms with Crippen LogP contribution in [0.25, 0.3) is 0 Å². The second-order valence-corrected chi connectivity index (χ2v) is 10.2. The summed E-state index contributed by atoms with van der Waals surface area (Å²) in [4.78, 5) is 16.3. The Bertz CT molecular complexity index is 1110. The van der Waals surface area contributed by atoms with E-state index in [2.05, 4.69) is 43.1 Å². The Morgan fingerprint density at radius 1 is 1.00 bits per heavy atom. The first kappa shape index (κ1) is 20.9. The lowest BCUT2D eigenvalue weighted by molar-refractivity contribution is 0.374. The quantitative estimate of drug-likeness (QED) is 0.606. The molecule has 2 aromatic heterocycles. The van der Waals surface area contributed by atoms with E-state index < -0.39 is 0 Å². The summed E-state index contributed by atoms with van der Waals surface area (Å²) in [5.74, 6) is 4.35. The monoisotopic (exact) mass is 463 g/mol. The normalized spacial score (nSPS) is 26.7. The minimum Gasteiger partial charge on any atom is -0.356 e. The number of hydrogen-bond donors (Lipinski definition) is 1. The Hall–Kier alpha value is -2.67. The van der Waals surface area contributed by atoms with E-state index in [-0.39, 0.29) is 5.92 Å². The van der Waals surface area contributed by atoms with Gasteiger partial charge in [-0.1, -0.05) is 30.2 Å². The van der Waals surface area contributed by atoms with Crippen LogP contribution in [0.5, 0.6) is 0 Å². The van der Waals surface area contributed by atoms with Crippen LogP contribution >= 0.6 is 11.6 Å². The van der Waals surface area contributed by atoms with Gasteiger partial charge in [0.25, 0.3) is 0 Å². The summed E-state index contributed by atoms with van der Waals surface area (Å²) in [6.45, 7) is 5.00. The molecule has 1 saturated carbocycles. The largest absolute Gasteiger partial charge is 0.356 e. The van der Waals surface area contributed by atoms with Crippen LogP contribution in [-0.4, -0.2) is 43.9 Å². The molecule has 3 aliphatic rings. The van der Waals surface area contributed by atoms with Crippen LogP contribution in [0, 0.1) is 18.8 Å². The van der Waals surface area contributed by atoms with Crippen LogP contribution < -0.4 is 10.2 Å². The molecule has 2 fully saturated rings. The Kier molecular flexibility index (Phi) is 5.45. The molecule has 2 aliphatic heterocycles. The maximum absolute atomic E-state index is 6.13. The number of rotatable bonds is 4. The molecule has 0 amide bonds. The fourth-order valence-corrected chi connectivity index (χ4v) is 6.12. The summed E-state index contributed by atoms with van der Waals surface area (Å²) in [6, 6.07) is 10.7. The van der Waals surface area contributed by atoms with Crippen LogP contribution in [0.15, 0.2) is 36.7 Å². The lowest BCUT2D eigenvalue weighted by Gasteiger charge is -2.38. The van der Waals surface area contributed by atoms with Crippen molar-refractivity contribution in [3.05, 3.63) is 58.8 Å². The molecular formula is C25H30ClN7. The van der Waals surface area contributed by atoms with E-state index in [4.69, 9.17) is 21.7 Å². The fourth-order valence-electron chi connectivity index (χ4n) is 6.00. The van der Waals surface area contributed by atoms with E-state index in [1.165, 1.54) is 24.8 Å². The maximum atomic E-state index is 6.13. The predicted molar refractivity (Wildman–Crippen MR) is 130 cm³/mol. The van der Waals surface area contributed by atoms with Crippen molar-refractivity contribution in [3.8, 4) is 0 Å². The van der Waals surface area contributed by atoms with Gasteiger partial charge in [0.05, 0.1) is 0 Å². The zero-order valence-corrected chi connectivity index (χ0v) is 19.7. The van der Waals surface area contributed by atoms with Crippen molar-refractivity contribution in [2.45, 2.75) is 57.5 Å². The van der Waals surface area contributed by atoms with E-state index in [1.807, 2.05) is 19.1 Å². The number of hydrogen-bond acceptors (Lipinski definition) is 6. The minimum absolute atomic E-state index is 0.271. The lowest BCUT2D eigenvalue weighted by atomic mass is 9.92. The fraction of sp³-hybridized carbons (Fsp3) is 0.520. The van der Waals surface area contributed by atoms with Gasteiger partial charge in [-0.15, -0.1) is 5.10 Å². The van der Waals surface area contributed by atoms with Crippen LogP contribution in [0.3, 0.4) is 0 Å². The van der Waals surface area contributed by atoms with Gasteiger partial charge < -0.3 is 10.2 Å². The molecule has 4 heterocycles. The SMILES string of the molecule is Cc1cc(N2CC3CC[C@@H](C2)C3Nc2nc3n(n2)CCCCC3c2ccc(Cl)cc2)ncn1. The number of aromatic nitrogens is 5. The summed E-state index contributed by atoms with van der Waals surface area (Å²) >= 11 is 6.13. The Balaban J connectivity index is 1.21. The number of nitrogens with zero attached hydrogens (tertiary/aromatic N) is 6. The molecule has 3 unspecified atom stereocenters. The van der Waals surface area contributed by atoms with E-state index in [0.29, 0.717) is 17.9 Å². The number of halogens is 1. The number of anilines is 2. The van der Waals surface area contributed by atoms with Crippen LogP contribution in [0.4, 0.5) is 11.8 Å². The first-order valence-electron chi connectivity index (χ1n) is 12.1. The van der Waals surface area contributed by atoms with Gasteiger partial charge in [-0.3, -0.25) is 0 Å². The highest BCUT2D eigenvalue weighted by Crippen LogP contribution is 2.40. The molecule has 0 spiro atoms. The number of piperidine rings is 1. The molecule has 3 aromatic rings. The van der Waals surface area contributed by atoms with E-state index in [0.717, 1.165) is 60.8 Å². The molecule has 0 radical (unpaired) electrons. The van der Waals surface area contributed by atoms with Gasteiger partial charge in [0.15, 0.2) is 0 Å². The Morgan fingerprint density at radius 3 is 2.55 bits per heavy atom. The van der Waals surface area contributed by atoms with Gasteiger partial charge in [-0.2, -0.15) is 4.98 Å². The minimum atomic E-state index is 0.271. The molecule has 1 aromatic carbocycles. The highest BCUT2D eigenvalue weighted by Gasteiger charge is 2.43. The average molecular weight is 464 g/mol. The highest BCUT2D eigenvalue weighted by atomic mass is 35.5. The molecule has 1 N–H and O–H groups in total. The Morgan fingerprint density at radius 2 is 1.79 bits per heavy atom. The topological polar surface area (TPSA) is 71.8 Å². The van der Waals surface area contributed by atoms with Gasteiger partial charge in [0, 0.05) is 48.4 Å². The molecule has 33 heavy (non-hydrogen) atoms. The summed E-state index contributed by atoms with van der Waals surface area (Å²) in [5.41, 5.74) is 2.29. The van der Waals surface area contributed by atoms with Crippen molar-refractivity contribution in [1.29, 1.82) is 0 Å². The number of nitrogens with one attached hydrogen (secondary N) is 1. The lowest BCUT2D eigenvalue weighted by Crippen LogP contribution is -2.48. The van der Waals surface area contributed by atoms with Crippen molar-refractivity contribution in [1.82, 2.24) is 24.7 Å². The van der Waals surface area contributed by atoms with Gasteiger partial charge in [-0.05, 0) is 62.1 Å². The van der Waals surface area contributed by atoms with Crippen molar-refractivity contribution in [2.75, 3.05) is 23.3 Å². The molecule has 8 heteroatoms. The van der Waals surface area contributed by atoms with E-state index in [1.54, 1.807) is 6.33 Å². The number of benzene rings is 1. The van der Waals surface area contributed by atoms with Crippen LogP contribution in [-0.2, 0) is 6.54 Å². The summed E-state index contributed by atoms with van der Waals surface area (Å²) in [6.07, 6.45) is 7.58. The summed E-state index contributed by atoms with van der Waals surface area (Å²) in [5, 5.41) is 9.45. The third-order valence-electron chi connectivity index (χ3n) is 7.64. The van der Waals surface area contributed by atoms with Gasteiger partial charge >= 0.3 is 0 Å². The number of fused-ring (bicyclic) bond motifs is 3. The molecule has 2 bridgehead atoms. The number of aryl methyl sites for hydroxylation is 2. The smallest absolute Gasteiger partial charge is 0.242 e. The zero-order valence-electron chi connectivity index (χ0n) is 19.0. The van der Waals surface area contributed by atoms with Gasteiger partial charge in [0.2, 0.25) is 5.95 Å². The van der Waals surface area contributed by atoms with Gasteiger partial charge in [-0.25, -0.2) is 14.6 Å². The molecule has 6 rings (SSSR count). The van der Waals surface area contributed by atoms with Crippen molar-refractivity contribution >= 4 is 23.4 Å². The third-order valence-corrected chi connectivity index (χ3v) is 7.89. The zero-order chi connectivity index (χ0) is 22.4. The predicted octanol–water partition coefficient (Wildman–Crippen LogP) is 4.67. The third kappa shape index (κ3) is 4.07. The second-order valence-electron chi connectivity index (χ2n) is 9.81. The van der Waals surface area contributed by atoms with Crippen LogP contribution in [0.2, 0.25) is 5.02 Å². The first-order chi connectivity index (χ1) is 16.1. The van der Waals surface area contributed by atoms with E-state index in [9.17, 15) is 0 Å². The van der Waals surface area contributed by atoms with E-state index >= 15 is 0 Å². The molecule has 172 valence electrons. The molecule has 7 nitrogen and oxygen atoms in total. The highest BCUT2D eigenvalue weighted by molar-refractivity contribution is 6.30. The first-order valence-corrected chi connectivity index (χ1v) is 12.5. The van der Waals surface area contributed by atoms with Crippen molar-refractivity contribution < 1.29 is 0 Å². The molecule has 1 aliphatic carbocycles. The average Bonchev–Trinajstić information content (AvgIpc) is 3.22. The standard InChI is InChI=1S/C25H30ClN7/c1-16-12-22(28-15-27-16)32-13-18-5-6-19(14-32)23(18)29-25-30-24-21(4-2-3-11-33(24)31-25)17-7-9-20(26)10-8-17/h7-10,12,15,18-19,21,23H,2-6,11,13-14H2,1H3,(H,29,31)/t18-,19?,21?,23?/m0/s1.